The quantitative estimate of drug-likeness (QED) is 0.824. The van der Waals surface area contributed by atoms with Crippen molar-refractivity contribution in [1.29, 1.82) is 0 Å². The molecule has 0 aliphatic carbocycles. The van der Waals surface area contributed by atoms with Gasteiger partial charge in [0.05, 0.1) is 12.2 Å². The average Bonchev–Trinajstić information content (AvgIpc) is 2.42. The fourth-order valence-electron chi connectivity index (χ4n) is 2.04. The van der Waals surface area contributed by atoms with Crippen molar-refractivity contribution in [1.82, 2.24) is 10.6 Å². The van der Waals surface area contributed by atoms with E-state index in [0.29, 0.717) is 6.54 Å². The minimum atomic E-state index is -0.516. The Kier molecular flexibility index (Phi) is 4.11. The highest BCUT2D eigenvalue weighted by atomic mass is 19.1. The Balaban J connectivity index is 2.16. The van der Waals surface area contributed by atoms with Gasteiger partial charge in [0.2, 0.25) is 11.8 Å². The first kappa shape index (κ1) is 13.5. The molecule has 0 radical (unpaired) electrons. The molecule has 102 valence electrons. The predicted octanol–water partition coefficient (Wildman–Crippen LogP) is 0.267. The minimum Gasteiger partial charge on any atom is -0.353 e. The van der Waals surface area contributed by atoms with Crippen molar-refractivity contribution < 1.29 is 14.0 Å². The molecule has 2 amide bonds. The van der Waals surface area contributed by atoms with Crippen LogP contribution >= 0.6 is 0 Å². The number of hydrogen-bond donors (Lipinski definition) is 2. The van der Waals surface area contributed by atoms with Crippen LogP contribution < -0.4 is 15.5 Å². The van der Waals surface area contributed by atoms with Gasteiger partial charge in [-0.3, -0.25) is 14.9 Å². The first-order chi connectivity index (χ1) is 9.13. The van der Waals surface area contributed by atoms with Gasteiger partial charge in [-0.15, -0.1) is 0 Å². The lowest BCUT2D eigenvalue weighted by atomic mass is 10.1. The molecule has 1 aromatic rings. The largest absolute Gasteiger partial charge is 0.353 e. The Morgan fingerprint density at radius 2 is 2.21 bits per heavy atom. The zero-order valence-corrected chi connectivity index (χ0v) is 10.6. The number of halogens is 1. The standard InChI is InChI=1S/C13H16FN3O2/c1-2-17(11-6-4-3-5-9(11)14)13(19)10-7-16-12(18)8-15-10/h3-6,10,15H,2,7-8H2,1H3,(H,16,18). The van der Waals surface area contributed by atoms with Crippen molar-refractivity contribution in [3.63, 3.8) is 0 Å². The van der Waals surface area contributed by atoms with Crippen LogP contribution in [-0.2, 0) is 9.59 Å². The summed E-state index contributed by atoms with van der Waals surface area (Å²) in [6.45, 7) is 2.48. The molecule has 0 aromatic heterocycles. The van der Waals surface area contributed by atoms with Crippen LogP contribution in [0.5, 0.6) is 0 Å². The molecule has 1 atom stereocenters. The van der Waals surface area contributed by atoms with Crippen LogP contribution in [0.3, 0.4) is 0 Å². The molecule has 2 rings (SSSR count). The van der Waals surface area contributed by atoms with E-state index >= 15 is 0 Å². The molecule has 1 aromatic carbocycles. The number of carbonyl (C=O) groups is 2. The second kappa shape index (κ2) is 5.79. The van der Waals surface area contributed by atoms with Crippen molar-refractivity contribution in [3.05, 3.63) is 30.1 Å². The highest BCUT2D eigenvalue weighted by Crippen LogP contribution is 2.19. The number of benzene rings is 1. The van der Waals surface area contributed by atoms with E-state index in [1.54, 1.807) is 25.1 Å². The van der Waals surface area contributed by atoms with Crippen LogP contribution in [0, 0.1) is 5.82 Å². The molecular weight excluding hydrogens is 249 g/mol. The molecule has 1 heterocycles. The summed E-state index contributed by atoms with van der Waals surface area (Å²) in [5.74, 6) is -0.817. The monoisotopic (exact) mass is 265 g/mol. The van der Waals surface area contributed by atoms with Crippen molar-refractivity contribution >= 4 is 17.5 Å². The normalized spacial score (nSPS) is 18.8. The molecular formula is C13H16FN3O2. The van der Waals surface area contributed by atoms with Gasteiger partial charge in [-0.25, -0.2) is 4.39 Å². The Morgan fingerprint density at radius 3 is 2.79 bits per heavy atom. The highest BCUT2D eigenvalue weighted by Gasteiger charge is 2.28. The van der Waals surface area contributed by atoms with Gasteiger partial charge in [0, 0.05) is 13.1 Å². The Morgan fingerprint density at radius 1 is 1.47 bits per heavy atom. The van der Waals surface area contributed by atoms with Gasteiger partial charge >= 0.3 is 0 Å². The average molecular weight is 265 g/mol. The van der Waals surface area contributed by atoms with Gasteiger partial charge < -0.3 is 10.2 Å². The third-order valence-corrected chi connectivity index (χ3v) is 3.04. The lowest BCUT2D eigenvalue weighted by Gasteiger charge is -2.29. The summed E-state index contributed by atoms with van der Waals surface area (Å²) < 4.78 is 13.7. The molecule has 1 aliphatic rings. The van der Waals surface area contributed by atoms with Crippen molar-refractivity contribution in [2.45, 2.75) is 13.0 Å². The van der Waals surface area contributed by atoms with Crippen LogP contribution in [0.4, 0.5) is 10.1 Å². The number of nitrogens with zero attached hydrogens (tertiary/aromatic N) is 1. The van der Waals surface area contributed by atoms with Gasteiger partial charge in [0.15, 0.2) is 0 Å². The van der Waals surface area contributed by atoms with E-state index in [2.05, 4.69) is 10.6 Å². The molecule has 6 heteroatoms. The van der Waals surface area contributed by atoms with Crippen molar-refractivity contribution in [3.8, 4) is 0 Å². The zero-order valence-electron chi connectivity index (χ0n) is 10.6. The number of amides is 2. The van der Waals surface area contributed by atoms with E-state index < -0.39 is 11.9 Å². The molecule has 1 aliphatic heterocycles. The molecule has 19 heavy (non-hydrogen) atoms. The fourth-order valence-corrected chi connectivity index (χ4v) is 2.04. The maximum atomic E-state index is 13.7. The second-order valence-corrected chi connectivity index (χ2v) is 4.27. The van der Waals surface area contributed by atoms with Crippen LogP contribution in [0.25, 0.3) is 0 Å². The van der Waals surface area contributed by atoms with E-state index in [9.17, 15) is 14.0 Å². The third-order valence-electron chi connectivity index (χ3n) is 3.04. The maximum absolute atomic E-state index is 13.7. The number of hydrogen-bond acceptors (Lipinski definition) is 3. The lowest BCUT2D eigenvalue weighted by Crippen LogP contribution is -2.58. The van der Waals surface area contributed by atoms with Crippen LogP contribution in [0.15, 0.2) is 24.3 Å². The van der Waals surface area contributed by atoms with E-state index in [4.69, 9.17) is 0 Å². The third kappa shape index (κ3) is 2.90. The number of anilines is 1. The molecule has 0 saturated carbocycles. The van der Waals surface area contributed by atoms with E-state index in [1.807, 2.05) is 0 Å². The van der Waals surface area contributed by atoms with Crippen LogP contribution in [-0.4, -0.2) is 37.5 Å². The van der Waals surface area contributed by atoms with E-state index in [-0.39, 0.29) is 30.6 Å². The zero-order chi connectivity index (χ0) is 13.8. The SMILES string of the molecule is CCN(C(=O)C1CNC(=O)CN1)c1ccccc1F. The topological polar surface area (TPSA) is 61.4 Å². The molecule has 1 unspecified atom stereocenters. The van der Waals surface area contributed by atoms with E-state index in [1.165, 1.54) is 11.0 Å². The number of rotatable bonds is 3. The first-order valence-electron chi connectivity index (χ1n) is 6.19. The number of carbonyl (C=O) groups excluding carboxylic acids is 2. The van der Waals surface area contributed by atoms with Crippen molar-refractivity contribution in [2.24, 2.45) is 0 Å². The number of para-hydroxylation sites is 1. The van der Waals surface area contributed by atoms with Gasteiger partial charge in [-0.1, -0.05) is 12.1 Å². The summed E-state index contributed by atoms with van der Waals surface area (Å²) >= 11 is 0. The molecule has 0 spiro atoms. The van der Waals surface area contributed by atoms with Gasteiger partial charge in [-0.2, -0.15) is 0 Å². The summed E-state index contributed by atoms with van der Waals surface area (Å²) in [5, 5.41) is 5.46. The van der Waals surface area contributed by atoms with Gasteiger partial charge in [0.25, 0.3) is 0 Å². The summed E-state index contributed by atoms with van der Waals surface area (Å²) in [4.78, 5) is 24.7. The predicted molar refractivity (Wildman–Crippen MR) is 69.2 cm³/mol. The fraction of sp³-hybridized carbons (Fsp3) is 0.385. The number of nitrogens with one attached hydrogen (secondary N) is 2. The maximum Gasteiger partial charge on any atom is 0.246 e. The summed E-state index contributed by atoms with van der Waals surface area (Å²) in [6, 6.07) is 5.64. The Labute approximate surface area is 110 Å². The first-order valence-corrected chi connectivity index (χ1v) is 6.19. The van der Waals surface area contributed by atoms with E-state index in [0.717, 1.165) is 0 Å². The number of likely N-dealkylation sites (N-methyl/N-ethyl adjacent to an activating group) is 1. The molecule has 5 nitrogen and oxygen atoms in total. The lowest BCUT2D eigenvalue weighted by molar-refractivity contribution is -0.125. The van der Waals surface area contributed by atoms with Gasteiger partial charge in [-0.05, 0) is 19.1 Å². The Hall–Kier alpha value is -1.95. The highest BCUT2D eigenvalue weighted by molar-refractivity contribution is 5.98. The molecule has 0 bridgehead atoms. The summed E-state index contributed by atoms with van der Waals surface area (Å²) in [6.07, 6.45) is 0. The minimum absolute atomic E-state index is 0.102. The molecule has 1 saturated heterocycles. The number of piperazine rings is 1. The summed E-state index contributed by atoms with van der Waals surface area (Å²) in [5.41, 5.74) is 0.258. The second-order valence-electron chi connectivity index (χ2n) is 4.27. The molecule has 1 fully saturated rings. The van der Waals surface area contributed by atoms with Crippen LogP contribution in [0.1, 0.15) is 6.92 Å². The van der Waals surface area contributed by atoms with Crippen molar-refractivity contribution in [2.75, 3.05) is 24.5 Å². The Bertz CT molecular complexity index is 483. The summed E-state index contributed by atoms with van der Waals surface area (Å²) in [7, 11) is 0. The molecule has 2 N–H and O–H groups in total. The van der Waals surface area contributed by atoms with Crippen LogP contribution in [0.2, 0.25) is 0 Å². The smallest absolute Gasteiger partial charge is 0.246 e. The van der Waals surface area contributed by atoms with Gasteiger partial charge in [0.1, 0.15) is 11.9 Å².